The van der Waals surface area contributed by atoms with Crippen molar-refractivity contribution in [1.82, 2.24) is 4.98 Å². The Balaban J connectivity index is 1.71. The summed E-state index contributed by atoms with van der Waals surface area (Å²) >= 11 is 0. The van der Waals surface area contributed by atoms with Gasteiger partial charge >= 0.3 is 0 Å². The highest BCUT2D eigenvalue weighted by Crippen LogP contribution is 2.26. The molecule has 2 aliphatic rings. The first-order chi connectivity index (χ1) is 11.5. The van der Waals surface area contributed by atoms with E-state index in [2.05, 4.69) is 43.1 Å². The zero-order valence-corrected chi connectivity index (χ0v) is 15.3. The maximum absolute atomic E-state index is 6.02. The lowest BCUT2D eigenvalue weighted by atomic mass is 9.91. The maximum Gasteiger partial charge on any atom is 0.129 e. The minimum atomic E-state index is 0.255. The molecule has 2 atom stereocenters. The van der Waals surface area contributed by atoms with Gasteiger partial charge in [0, 0.05) is 25.2 Å². The fourth-order valence-corrected chi connectivity index (χ4v) is 3.92. The van der Waals surface area contributed by atoms with Crippen LogP contribution in [0.5, 0.6) is 0 Å². The van der Waals surface area contributed by atoms with E-state index in [0.717, 1.165) is 56.7 Å². The van der Waals surface area contributed by atoms with E-state index in [1.165, 1.54) is 5.69 Å². The molecule has 2 fully saturated rings. The van der Waals surface area contributed by atoms with Crippen LogP contribution in [0, 0.1) is 0 Å². The Morgan fingerprint density at radius 1 is 1.17 bits per heavy atom. The topological polar surface area (TPSA) is 63.4 Å². The lowest BCUT2D eigenvalue weighted by molar-refractivity contribution is -0.00546. The number of pyridine rings is 1. The van der Waals surface area contributed by atoms with Gasteiger partial charge in [-0.15, -0.1) is 0 Å². The summed E-state index contributed by atoms with van der Waals surface area (Å²) in [6.45, 7) is 8.26. The number of hydrogen-bond acceptors (Lipinski definition) is 5. The van der Waals surface area contributed by atoms with Gasteiger partial charge in [-0.3, -0.25) is 0 Å². The van der Waals surface area contributed by atoms with E-state index in [-0.39, 0.29) is 12.2 Å². The second kappa shape index (κ2) is 7.70. The third kappa shape index (κ3) is 4.19. The predicted molar refractivity (Wildman–Crippen MR) is 99.7 cm³/mol. The summed E-state index contributed by atoms with van der Waals surface area (Å²) in [5.41, 5.74) is 8.37. The van der Waals surface area contributed by atoms with Gasteiger partial charge in [-0.25, -0.2) is 4.98 Å². The average molecular weight is 332 g/mol. The number of aryl methyl sites for hydroxylation is 1. The summed E-state index contributed by atoms with van der Waals surface area (Å²) in [5, 5.41) is 3.71. The Labute approximate surface area is 146 Å². The van der Waals surface area contributed by atoms with E-state index in [0.29, 0.717) is 12.1 Å². The predicted octanol–water partition coefficient (Wildman–Crippen LogP) is 2.94. The molecule has 1 aromatic rings. The van der Waals surface area contributed by atoms with Gasteiger partial charge in [0.15, 0.2) is 0 Å². The Kier molecular flexibility index (Phi) is 5.61. The molecule has 0 aromatic carbocycles. The standard InChI is InChI=1S/C19H32N4O/c1-4-17-18(21-16-7-5-15(20)6-8-16)9-10-19(22-17)23-11-13(2)24-14(3)12-23/h9-10,13-16,21H,4-8,11-12,20H2,1-3H3/t13-,14+,15?,16?. The minimum Gasteiger partial charge on any atom is -0.381 e. The van der Waals surface area contributed by atoms with Gasteiger partial charge in [-0.1, -0.05) is 6.92 Å². The number of nitrogens with two attached hydrogens (primary N) is 1. The van der Waals surface area contributed by atoms with Gasteiger partial charge in [0.2, 0.25) is 0 Å². The number of hydrogen-bond donors (Lipinski definition) is 2. The third-order valence-corrected chi connectivity index (χ3v) is 5.17. The molecule has 1 saturated carbocycles. The second-order valence-corrected chi connectivity index (χ2v) is 7.44. The highest BCUT2D eigenvalue weighted by molar-refractivity contribution is 5.55. The molecule has 0 radical (unpaired) electrons. The number of morpholine rings is 1. The lowest BCUT2D eigenvalue weighted by Crippen LogP contribution is -2.45. The van der Waals surface area contributed by atoms with Crippen LogP contribution < -0.4 is 16.0 Å². The van der Waals surface area contributed by atoms with Crippen LogP contribution in [0.4, 0.5) is 11.5 Å². The fourth-order valence-electron chi connectivity index (χ4n) is 3.92. The molecule has 0 spiro atoms. The van der Waals surface area contributed by atoms with Crippen LogP contribution in [0.3, 0.4) is 0 Å². The highest BCUT2D eigenvalue weighted by atomic mass is 16.5. The minimum absolute atomic E-state index is 0.255. The Bertz CT molecular complexity index is 532. The van der Waals surface area contributed by atoms with Crippen molar-refractivity contribution in [2.45, 2.75) is 77.2 Å². The second-order valence-electron chi connectivity index (χ2n) is 7.44. The number of rotatable bonds is 4. The molecule has 0 unspecified atom stereocenters. The Hall–Kier alpha value is -1.33. The van der Waals surface area contributed by atoms with Crippen LogP contribution in [0.15, 0.2) is 12.1 Å². The zero-order valence-electron chi connectivity index (χ0n) is 15.3. The summed E-state index contributed by atoms with van der Waals surface area (Å²) in [7, 11) is 0. The quantitative estimate of drug-likeness (QED) is 0.887. The maximum atomic E-state index is 6.02. The molecule has 3 N–H and O–H groups in total. The number of nitrogens with zero attached hydrogens (tertiary/aromatic N) is 2. The first-order valence-electron chi connectivity index (χ1n) is 9.47. The smallest absolute Gasteiger partial charge is 0.129 e. The Morgan fingerprint density at radius 3 is 2.46 bits per heavy atom. The van der Waals surface area contributed by atoms with Crippen LogP contribution in [-0.4, -0.2) is 42.4 Å². The summed E-state index contributed by atoms with van der Waals surface area (Å²) < 4.78 is 5.84. The van der Waals surface area contributed by atoms with Crippen LogP contribution in [-0.2, 0) is 11.2 Å². The largest absolute Gasteiger partial charge is 0.381 e. The van der Waals surface area contributed by atoms with Crippen molar-refractivity contribution in [2.75, 3.05) is 23.3 Å². The molecular weight excluding hydrogens is 300 g/mol. The number of ether oxygens (including phenoxy) is 1. The molecule has 1 aromatic heterocycles. The van der Waals surface area contributed by atoms with E-state index >= 15 is 0 Å². The molecule has 5 heteroatoms. The molecule has 3 rings (SSSR count). The summed E-state index contributed by atoms with van der Waals surface area (Å²) in [6.07, 6.45) is 6.00. The van der Waals surface area contributed by atoms with Gasteiger partial charge in [0.05, 0.1) is 23.6 Å². The van der Waals surface area contributed by atoms with E-state index in [4.69, 9.17) is 15.5 Å². The number of aromatic nitrogens is 1. The molecule has 1 aliphatic carbocycles. The van der Waals surface area contributed by atoms with E-state index in [1.807, 2.05) is 0 Å². The Morgan fingerprint density at radius 2 is 1.83 bits per heavy atom. The van der Waals surface area contributed by atoms with Crippen LogP contribution in [0.1, 0.15) is 52.1 Å². The molecule has 134 valence electrons. The summed E-state index contributed by atoms with van der Waals surface area (Å²) in [5.74, 6) is 1.07. The average Bonchev–Trinajstić information content (AvgIpc) is 2.56. The van der Waals surface area contributed by atoms with E-state index in [1.54, 1.807) is 0 Å². The first kappa shape index (κ1) is 17.5. The highest BCUT2D eigenvalue weighted by Gasteiger charge is 2.24. The van der Waals surface area contributed by atoms with Crippen molar-refractivity contribution in [3.63, 3.8) is 0 Å². The monoisotopic (exact) mass is 332 g/mol. The van der Waals surface area contributed by atoms with Crippen molar-refractivity contribution in [3.05, 3.63) is 17.8 Å². The zero-order chi connectivity index (χ0) is 17.1. The van der Waals surface area contributed by atoms with Crippen molar-refractivity contribution >= 4 is 11.5 Å². The lowest BCUT2D eigenvalue weighted by Gasteiger charge is -2.36. The van der Waals surface area contributed by atoms with E-state index in [9.17, 15) is 0 Å². The number of nitrogens with one attached hydrogen (secondary N) is 1. The molecule has 2 heterocycles. The van der Waals surface area contributed by atoms with Crippen LogP contribution >= 0.6 is 0 Å². The van der Waals surface area contributed by atoms with Crippen molar-refractivity contribution in [2.24, 2.45) is 5.73 Å². The van der Waals surface area contributed by atoms with Crippen molar-refractivity contribution in [1.29, 1.82) is 0 Å². The normalized spacial score (nSPS) is 31.1. The molecule has 0 bridgehead atoms. The fraction of sp³-hybridized carbons (Fsp3) is 0.737. The van der Waals surface area contributed by atoms with E-state index < -0.39 is 0 Å². The van der Waals surface area contributed by atoms with Crippen LogP contribution in [0.2, 0.25) is 0 Å². The first-order valence-corrected chi connectivity index (χ1v) is 9.47. The van der Waals surface area contributed by atoms with Crippen molar-refractivity contribution < 1.29 is 4.74 Å². The van der Waals surface area contributed by atoms with Crippen LogP contribution in [0.25, 0.3) is 0 Å². The number of anilines is 2. The third-order valence-electron chi connectivity index (χ3n) is 5.17. The van der Waals surface area contributed by atoms with Gasteiger partial charge in [-0.05, 0) is 58.1 Å². The molecule has 0 amide bonds. The molecule has 1 saturated heterocycles. The van der Waals surface area contributed by atoms with Gasteiger partial charge < -0.3 is 20.7 Å². The summed E-state index contributed by atoms with van der Waals surface area (Å²) in [6, 6.07) is 5.28. The molecule has 1 aliphatic heterocycles. The molecular formula is C19H32N4O. The van der Waals surface area contributed by atoms with Crippen molar-refractivity contribution in [3.8, 4) is 0 Å². The van der Waals surface area contributed by atoms with Gasteiger partial charge in [0.25, 0.3) is 0 Å². The van der Waals surface area contributed by atoms with Gasteiger partial charge in [0.1, 0.15) is 5.82 Å². The molecule has 24 heavy (non-hydrogen) atoms. The van der Waals surface area contributed by atoms with Gasteiger partial charge in [-0.2, -0.15) is 0 Å². The summed E-state index contributed by atoms with van der Waals surface area (Å²) in [4.78, 5) is 7.30. The molecule has 5 nitrogen and oxygen atoms in total. The SMILES string of the molecule is CCc1nc(N2C[C@@H](C)O[C@@H](C)C2)ccc1NC1CCC(N)CC1.